The SMILES string of the molecule is NCc1cccn2nc(-c3ccncc3)nc12. The van der Waals surface area contributed by atoms with Gasteiger partial charge in [-0.25, -0.2) is 9.50 Å². The topological polar surface area (TPSA) is 69.1 Å². The zero-order valence-corrected chi connectivity index (χ0v) is 9.11. The molecule has 0 aliphatic heterocycles. The van der Waals surface area contributed by atoms with Crippen LogP contribution in [0.1, 0.15) is 5.56 Å². The fraction of sp³-hybridized carbons (Fsp3) is 0.0833. The first-order valence-electron chi connectivity index (χ1n) is 5.33. The summed E-state index contributed by atoms with van der Waals surface area (Å²) in [6.07, 6.45) is 5.32. The van der Waals surface area contributed by atoms with Gasteiger partial charge in [0.2, 0.25) is 0 Å². The largest absolute Gasteiger partial charge is 0.326 e. The van der Waals surface area contributed by atoms with Gasteiger partial charge < -0.3 is 5.73 Å². The lowest BCUT2D eigenvalue weighted by atomic mass is 10.2. The monoisotopic (exact) mass is 225 g/mol. The molecule has 5 heteroatoms. The maximum absolute atomic E-state index is 5.67. The van der Waals surface area contributed by atoms with E-state index in [0.29, 0.717) is 12.4 Å². The van der Waals surface area contributed by atoms with E-state index in [9.17, 15) is 0 Å². The van der Waals surface area contributed by atoms with Gasteiger partial charge in [-0.15, -0.1) is 5.10 Å². The second kappa shape index (κ2) is 3.95. The van der Waals surface area contributed by atoms with Gasteiger partial charge in [0.15, 0.2) is 11.5 Å². The number of nitrogens with zero attached hydrogens (tertiary/aromatic N) is 4. The van der Waals surface area contributed by atoms with Crippen molar-refractivity contribution >= 4 is 5.65 Å². The Hall–Kier alpha value is -2.27. The van der Waals surface area contributed by atoms with Gasteiger partial charge in [0.25, 0.3) is 0 Å². The van der Waals surface area contributed by atoms with Crippen LogP contribution in [0, 0.1) is 0 Å². The average Bonchev–Trinajstić information content (AvgIpc) is 2.83. The number of rotatable bonds is 2. The Morgan fingerprint density at radius 3 is 2.76 bits per heavy atom. The molecule has 0 atom stereocenters. The molecule has 3 heterocycles. The van der Waals surface area contributed by atoms with Gasteiger partial charge in [-0.05, 0) is 18.2 Å². The van der Waals surface area contributed by atoms with E-state index in [1.54, 1.807) is 16.9 Å². The summed E-state index contributed by atoms with van der Waals surface area (Å²) in [6.45, 7) is 0.457. The molecule has 0 aliphatic carbocycles. The van der Waals surface area contributed by atoms with Crippen LogP contribution in [0.2, 0.25) is 0 Å². The van der Waals surface area contributed by atoms with E-state index in [0.717, 1.165) is 16.8 Å². The maximum atomic E-state index is 5.67. The van der Waals surface area contributed by atoms with Crippen LogP contribution in [0.5, 0.6) is 0 Å². The van der Waals surface area contributed by atoms with Crippen molar-refractivity contribution in [2.24, 2.45) is 5.73 Å². The Balaban J connectivity index is 2.20. The molecular formula is C12H11N5. The van der Waals surface area contributed by atoms with Gasteiger partial charge in [0.05, 0.1) is 0 Å². The highest BCUT2D eigenvalue weighted by Crippen LogP contribution is 2.16. The summed E-state index contributed by atoms with van der Waals surface area (Å²) < 4.78 is 1.75. The van der Waals surface area contributed by atoms with Crippen molar-refractivity contribution in [1.82, 2.24) is 19.6 Å². The molecule has 0 bridgehead atoms. The molecule has 3 aromatic rings. The number of hydrogen-bond donors (Lipinski definition) is 1. The summed E-state index contributed by atoms with van der Waals surface area (Å²) in [4.78, 5) is 8.47. The number of fused-ring (bicyclic) bond motifs is 1. The lowest BCUT2D eigenvalue weighted by molar-refractivity contribution is 0.944. The number of nitrogens with two attached hydrogens (primary N) is 1. The van der Waals surface area contributed by atoms with E-state index in [4.69, 9.17) is 5.73 Å². The Kier molecular flexibility index (Phi) is 2.31. The van der Waals surface area contributed by atoms with Crippen LogP contribution in [-0.4, -0.2) is 19.6 Å². The van der Waals surface area contributed by atoms with Crippen LogP contribution in [0.15, 0.2) is 42.9 Å². The highest BCUT2D eigenvalue weighted by atomic mass is 15.3. The van der Waals surface area contributed by atoms with E-state index < -0.39 is 0 Å². The summed E-state index contributed by atoms with van der Waals surface area (Å²) in [5.41, 5.74) is 8.42. The molecule has 84 valence electrons. The van der Waals surface area contributed by atoms with Gasteiger partial charge >= 0.3 is 0 Å². The van der Waals surface area contributed by atoms with E-state index in [-0.39, 0.29) is 0 Å². The molecule has 3 rings (SSSR count). The molecule has 2 N–H and O–H groups in total. The Morgan fingerprint density at radius 2 is 2.00 bits per heavy atom. The van der Waals surface area contributed by atoms with Crippen LogP contribution in [-0.2, 0) is 6.54 Å². The number of aromatic nitrogens is 4. The van der Waals surface area contributed by atoms with E-state index in [1.165, 1.54) is 0 Å². The minimum absolute atomic E-state index is 0.457. The third-order valence-corrected chi connectivity index (χ3v) is 2.60. The number of hydrogen-bond acceptors (Lipinski definition) is 4. The van der Waals surface area contributed by atoms with Crippen LogP contribution in [0.4, 0.5) is 0 Å². The maximum Gasteiger partial charge on any atom is 0.182 e. The molecule has 0 aromatic carbocycles. The molecule has 0 unspecified atom stereocenters. The van der Waals surface area contributed by atoms with Crippen LogP contribution < -0.4 is 5.73 Å². The van der Waals surface area contributed by atoms with Gasteiger partial charge in [-0.1, -0.05) is 6.07 Å². The first-order valence-corrected chi connectivity index (χ1v) is 5.33. The van der Waals surface area contributed by atoms with Crippen molar-refractivity contribution in [1.29, 1.82) is 0 Å². The lowest BCUT2D eigenvalue weighted by Gasteiger charge is -1.96. The van der Waals surface area contributed by atoms with Crippen LogP contribution >= 0.6 is 0 Å². The highest BCUT2D eigenvalue weighted by molar-refractivity contribution is 5.59. The first kappa shape index (κ1) is 9.92. The van der Waals surface area contributed by atoms with Crippen molar-refractivity contribution in [2.45, 2.75) is 6.54 Å². The molecule has 0 saturated heterocycles. The predicted molar refractivity (Wildman–Crippen MR) is 64.1 cm³/mol. The molecule has 0 fully saturated rings. The zero-order valence-electron chi connectivity index (χ0n) is 9.11. The third-order valence-electron chi connectivity index (χ3n) is 2.60. The highest BCUT2D eigenvalue weighted by Gasteiger charge is 2.08. The van der Waals surface area contributed by atoms with Gasteiger partial charge in [-0.2, -0.15) is 0 Å². The lowest BCUT2D eigenvalue weighted by Crippen LogP contribution is -1.99. The molecule has 0 amide bonds. The van der Waals surface area contributed by atoms with Gasteiger partial charge in [-0.3, -0.25) is 4.98 Å². The second-order valence-corrected chi connectivity index (χ2v) is 3.68. The summed E-state index contributed by atoms with van der Waals surface area (Å²) >= 11 is 0. The van der Waals surface area contributed by atoms with Crippen LogP contribution in [0.3, 0.4) is 0 Å². The van der Waals surface area contributed by atoms with E-state index >= 15 is 0 Å². The third kappa shape index (κ3) is 1.66. The Bertz CT molecular complexity index is 644. The fourth-order valence-electron chi connectivity index (χ4n) is 1.74. The molecule has 0 saturated carbocycles. The Labute approximate surface area is 97.9 Å². The molecule has 0 spiro atoms. The normalized spacial score (nSPS) is 10.9. The molecule has 3 aromatic heterocycles. The van der Waals surface area contributed by atoms with Crippen molar-refractivity contribution in [3.63, 3.8) is 0 Å². The predicted octanol–water partition coefficient (Wildman–Crippen LogP) is 1.25. The molecule has 17 heavy (non-hydrogen) atoms. The quantitative estimate of drug-likeness (QED) is 0.712. The molecular weight excluding hydrogens is 214 g/mol. The molecule has 5 nitrogen and oxygen atoms in total. The second-order valence-electron chi connectivity index (χ2n) is 3.68. The molecule has 0 aliphatic rings. The van der Waals surface area contributed by atoms with Crippen molar-refractivity contribution in [3.8, 4) is 11.4 Å². The zero-order chi connectivity index (χ0) is 11.7. The van der Waals surface area contributed by atoms with E-state index in [1.807, 2.05) is 30.5 Å². The smallest absolute Gasteiger partial charge is 0.182 e. The van der Waals surface area contributed by atoms with Crippen LogP contribution in [0.25, 0.3) is 17.0 Å². The van der Waals surface area contributed by atoms with Crippen molar-refractivity contribution in [3.05, 3.63) is 48.4 Å². The van der Waals surface area contributed by atoms with Gasteiger partial charge in [0.1, 0.15) is 0 Å². The average molecular weight is 225 g/mol. The first-order chi connectivity index (χ1) is 8.38. The summed E-state index contributed by atoms with van der Waals surface area (Å²) in [6, 6.07) is 7.65. The van der Waals surface area contributed by atoms with Crippen molar-refractivity contribution < 1.29 is 0 Å². The molecule has 0 radical (unpaired) electrons. The fourth-order valence-corrected chi connectivity index (χ4v) is 1.74. The van der Waals surface area contributed by atoms with Crippen molar-refractivity contribution in [2.75, 3.05) is 0 Å². The van der Waals surface area contributed by atoms with E-state index in [2.05, 4.69) is 15.1 Å². The van der Waals surface area contributed by atoms with Gasteiger partial charge in [0, 0.05) is 36.3 Å². The summed E-state index contributed by atoms with van der Waals surface area (Å²) in [5, 5.41) is 4.41. The standard InChI is InChI=1S/C12H11N5/c13-8-10-2-1-7-17-12(10)15-11(16-17)9-3-5-14-6-4-9/h1-7H,8,13H2. The minimum atomic E-state index is 0.457. The summed E-state index contributed by atoms with van der Waals surface area (Å²) in [7, 11) is 0. The minimum Gasteiger partial charge on any atom is -0.326 e. The number of pyridine rings is 2. The Morgan fingerprint density at radius 1 is 1.18 bits per heavy atom. The summed E-state index contributed by atoms with van der Waals surface area (Å²) in [5.74, 6) is 0.688.